The second-order valence-electron chi connectivity index (χ2n) is 8.44. The Bertz CT molecular complexity index is 1230. The lowest BCUT2D eigenvalue weighted by molar-refractivity contribution is -0.108. The SMILES string of the molecule is CSc1ccc2c(C3CCN(S(=O)(=O)c4ccc(OC(C)C)cc4)CC3)cn(CC=O)c2n1. The van der Waals surface area contributed by atoms with Gasteiger partial charge < -0.3 is 14.1 Å². The first-order valence-electron chi connectivity index (χ1n) is 11.1. The topological polar surface area (TPSA) is 81.5 Å². The van der Waals surface area contributed by atoms with Gasteiger partial charge in [-0.1, -0.05) is 0 Å². The van der Waals surface area contributed by atoms with Crippen molar-refractivity contribution in [1.29, 1.82) is 0 Å². The molecule has 1 aromatic carbocycles. The zero-order chi connectivity index (χ0) is 23.6. The van der Waals surface area contributed by atoms with Crippen LogP contribution in [0.4, 0.5) is 0 Å². The van der Waals surface area contributed by atoms with E-state index >= 15 is 0 Å². The van der Waals surface area contributed by atoms with Gasteiger partial charge in [-0.3, -0.25) is 0 Å². The first-order chi connectivity index (χ1) is 15.8. The average Bonchev–Trinajstić information content (AvgIpc) is 3.17. The Kier molecular flexibility index (Phi) is 7.11. The first kappa shape index (κ1) is 23.8. The van der Waals surface area contributed by atoms with Gasteiger partial charge in [0, 0.05) is 24.7 Å². The van der Waals surface area contributed by atoms with E-state index < -0.39 is 10.0 Å². The fourth-order valence-corrected chi connectivity index (χ4v) is 6.20. The molecule has 0 atom stereocenters. The van der Waals surface area contributed by atoms with Crippen molar-refractivity contribution in [2.24, 2.45) is 0 Å². The number of pyridine rings is 1. The predicted molar refractivity (Wildman–Crippen MR) is 131 cm³/mol. The molecule has 1 saturated heterocycles. The maximum Gasteiger partial charge on any atom is 0.243 e. The number of sulfonamides is 1. The minimum atomic E-state index is -3.56. The molecule has 176 valence electrons. The molecule has 0 spiro atoms. The summed E-state index contributed by atoms with van der Waals surface area (Å²) in [6.07, 6.45) is 6.34. The Morgan fingerprint density at radius 3 is 2.45 bits per heavy atom. The van der Waals surface area contributed by atoms with Gasteiger partial charge in [-0.05, 0) is 80.8 Å². The number of hydrogen-bond donors (Lipinski definition) is 0. The molecule has 9 heteroatoms. The third-order valence-electron chi connectivity index (χ3n) is 5.93. The average molecular weight is 488 g/mol. The lowest BCUT2D eigenvalue weighted by Gasteiger charge is -2.31. The molecule has 0 unspecified atom stereocenters. The molecule has 1 aliphatic rings. The van der Waals surface area contributed by atoms with Crippen molar-refractivity contribution in [3.8, 4) is 5.75 Å². The van der Waals surface area contributed by atoms with Crippen molar-refractivity contribution in [2.45, 2.75) is 55.2 Å². The number of aldehydes is 1. The van der Waals surface area contributed by atoms with E-state index in [-0.39, 0.29) is 23.5 Å². The van der Waals surface area contributed by atoms with E-state index in [0.717, 1.165) is 40.8 Å². The fraction of sp³-hybridized carbons (Fsp3) is 0.417. The van der Waals surface area contributed by atoms with Crippen molar-refractivity contribution >= 4 is 39.1 Å². The molecule has 7 nitrogen and oxygen atoms in total. The van der Waals surface area contributed by atoms with E-state index in [1.807, 2.05) is 36.9 Å². The van der Waals surface area contributed by atoms with Gasteiger partial charge >= 0.3 is 0 Å². The van der Waals surface area contributed by atoms with E-state index in [2.05, 4.69) is 6.07 Å². The summed E-state index contributed by atoms with van der Waals surface area (Å²) >= 11 is 1.57. The van der Waals surface area contributed by atoms with Crippen LogP contribution in [0.3, 0.4) is 0 Å². The van der Waals surface area contributed by atoms with Crippen molar-refractivity contribution in [3.63, 3.8) is 0 Å². The second-order valence-corrected chi connectivity index (χ2v) is 11.2. The lowest BCUT2D eigenvalue weighted by Crippen LogP contribution is -2.37. The molecular formula is C24H29N3O4S2. The summed E-state index contributed by atoms with van der Waals surface area (Å²) in [5, 5.41) is 1.95. The highest BCUT2D eigenvalue weighted by Crippen LogP contribution is 2.36. The normalized spacial score (nSPS) is 15.9. The molecule has 2 aromatic heterocycles. The summed E-state index contributed by atoms with van der Waals surface area (Å²) in [6, 6.07) is 10.7. The number of carbonyl (C=O) groups is 1. The van der Waals surface area contributed by atoms with Gasteiger partial charge in [0.15, 0.2) is 0 Å². The standard InChI is InChI=1S/C24H29N3O4S2/c1-17(2)31-19-4-6-20(7-5-19)33(29,30)27-12-10-18(11-13-27)22-16-26(14-15-28)24-21(22)8-9-23(25-24)32-3/h4-9,15-18H,10-14H2,1-3H3. The zero-order valence-electron chi connectivity index (χ0n) is 19.1. The molecule has 1 fully saturated rings. The Balaban J connectivity index is 1.52. The van der Waals surface area contributed by atoms with E-state index in [4.69, 9.17) is 9.72 Å². The van der Waals surface area contributed by atoms with Gasteiger partial charge in [-0.25, -0.2) is 13.4 Å². The van der Waals surface area contributed by atoms with Crippen LogP contribution in [-0.4, -0.2) is 54.0 Å². The number of fused-ring (bicyclic) bond motifs is 1. The zero-order valence-corrected chi connectivity index (χ0v) is 20.7. The van der Waals surface area contributed by atoms with Crippen LogP contribution in [0.15, 0.2) is 52.5 Å². The van der Waals surface area contributed by atoms with Crippen LogP contribution in [0.1, 0.15) is 38.2 Å². The van der Waals surface area contributed by atoms with E-state index in [0.29, 0.717) is 18.8 Å². The number of aromatic nitrogens is 2. The Labute approximate surface area is 199 Å². The maximum absolute atomic E-state index is 13.2. The van der Waals surface area contributed by atoms with Gasteiger partial charge in [0.2, 0.25) is 10.0 Å². The van der Waals surface area contributed by atoms with E-state index in [1.54, 1.807) is 40.3 Å². The number of hydrogen-bond acceptors (Lipinski definition) is 6. The highest BCUT2D eigenvalue weighted by molar-refractivity contribution is 7.98. The molecule has 0 N–H and O–H groups in total. The lowest BCUT2D eigenvalue weighted by atomic mass is 9.90. The molecule has 3 heterocycles. The molecule has 4 rings (SSSR count). The summed E-state index contributed by atoms with van der Waals surface area (Å²) < 4.78 is 35.4. The van der Waals surface area contributed by atoms with Crippen molar-refractivity contribution < 1.29 is 17.9 Å². The largest absolute Gasteiger partial charge is 0.491 e. The first-order valence-corrected chi connectivity index (χ1v) is 13.7. The van der Waals surface area contributed by atoms with Crippen LogP contribution in [0.5, 0.6) is 5.75 Å². The molecule has 0 radical (unpaired) electrons. The predicted octanol–water partition coefficient (Wildman–Crippen LogP) is 4.31. The fourth-order valence-electron chi connectivity index (χ4n) is 4.35. The van der Waals surface area contributed by atoms with Crippen LogP contribution in [0.25, 0.3) is 11.0 Å². The smallest absolute Gasteiger partial charge is 0.243 e. The minimum Gasteiger partial charge on any atom is -0.491 e. The van der Waals surface area contributed by atoms with E-state index in [1.165, 1.54) is 0 Å². The highest BCUT2D eigenvalue weighted by Gasteiger charge is 2.31. The molecule has 33 heavy (non-hydrogen) atoms. The third-order valence-corrected chi connectivity index (χ3v) is 8.49. The monoisotopic (exact) mass is 487 g/mol. The van der Waals surface area contributed by atoms with Crippen LogP contribution in [-0.2, 0) is 21.4 Å². The van der Waals surface area contributed by atoms with Crippen LogP contribution in [0.2, 0.25) is 0 Å². The van der Waals surface area contributed by atoms with Crippen LogP contribution in [0, 0.1) is 0 Å². The Hall–Kier alpha value is -2.36. The Morgan fingerprint density at radius 1 is 1.15 bits per heavy atom. The van der Waals surface area contributed by atoms with Gasteiger partial charge in [-0.15, -0.1) is 11.8 Å². The summed E-state index contributed by atoms with van der Waals surface area (Å²) in [6.45, 7) is 5.03. The number of ether oxygens (including phenoxy) is 1. The second kappa shape index (κ2) is 9.87. The number of nitrogens with zero attached hydrogens (tertiary/aromatic N) is 3. The number of carbonyl (C=O) groups excluding carboxylic acids is 1. The molecule has 0 amide bonds. The molecular weight excluding hydrogens is 458 g/mol. The van der Waals surface area contributed by atoms with E-state index in [9.17, 15) is 13.2 Å². The summed E-state index contributed by atoms with van der Waals surface area (Å²) in [5.74, 6) is 0.878. The van der Waals surface area contributed by atoms with Crippen LogP contribution >= 0.6 is 11.8 Å². The number of rotatable bonds is 8. The molecule has 0 aliphatic carbocycles. The number of thioether (sulfide) groups is 1. The molecule has 1 aliphatic heterocycles. The van der Waals surface area contributed by atoms with Gasteiger partial charge in [0.05, 0.1) is 22.6 Å². The summed E-state index contributed by atoms with van der Waals surface area (Å²) in [7, 11) is -3.56. The maximum atomic E-state index is 13.2. The quantitative estimate of drug-likeness (QED) is 0.348. The third kappa shape index (κ3) is 4.95. The molecule has 0 saturated carbocycles. The van der Waals surface area contributed by atoms with Gasteiger partial charge in [0.25, 0.3) is 0 Å². The molecule has 3 aromatic rings. The summed E-state index contributed by atoms with van der Waals surface area (Å²) in [5.41, 5.74) is 1.95. The summed E-state index contributed by atoms with van der Waals surface area (Å²) in [4.78, 5) is 16.2. The van der Waals surface area contributed by atoms with Gasteiger partial charge in [0.1, 0.15) is 17.7 Å². The number of benzene rings is 1. The molecule has 0 bridgehead atoms. The minimum absolute atomic E-state index is 0.0338. The van der Waals surface area contributed by atoms with Crippen molar-refractivity contribution in [1.82, 2.24) is 13.9 Å². The Morgan fingerprint density at radius 2 is 1.85 bits per heavy atom. The highest BCUT2D eigenvalue weighted by atomic mass is 32.2. The van der Waals surface area contributed by atoms with Gasteiger partial charge in [-0.2, -0.15) is 4.31 Å². The van der Waals surface area contributed by atoms with Crippen molar-refractivity contribution in [3.05, 3.63) is 48.2 Å². The number of piperidine rings is 1. The van der Waals surface area contributed by atoms with Crippen LogP contribution < -0.4 is 4.74 Å². The van der Waals surface area contributed by atoms with Crippen molar-refractivity contribution in [2.75, 3.05) is 19.3 Å².